The van der Waals surface area contributed by atoms with Crippen LogP contribution in [0.3, 0.4) is 0 Å². The van der Waals surface area contributed by atoms with Crippen molar-refractivity contribution in [1.82, 2.24) is 10.3 Å². The maximum Gasteiger partial charge on any atom is 0.269 e. The number of para-hydroxylation sites is 2. The second-order valence-electron chi connectivity index (χ2n) is 6.65. The number of hydrogen-bond donors (Lipinski definition) is 1. The molecule has 1 aromatic carbocycles. The van der Waals surface area contributed by atoms with E-state index in [-0.39, 0.29) is 5.91 Å². The van der Waals surface area contributed by atoms with Crippen LogP contribution in [0.4, 0.5) is 11.4 Å². The summed E-state index contributed by atoms with van der Waals surface area (Å²) in [6.07, 6.45) is 2.57. The molecule has 0 radical (unpaired) electrons. The van der Waals surface area contributed by atoms with Crippen LogP contribution in [0.5, 0.6) is 5.75 Å². The molecular weight excluding hydrogens is 356 g/mol. The average molecular weight is 384 g/mol. The number of methoxy groups -OCH3 is 2. The summed E-state index contributed by atoms with van der Waals surface area (Å²) < 4.78 is 10.5. The zero-order chi connectivity index (χ0) is 19.8. The number of benzene rings is 1. The summed E-state index contributed by atoms with van der Waals surface area (Å²) >= 11 is 0. The maximum absolute atomic E-state index is 12.1. The molecule has 0 bridgehead atoms. The van der Waals surface area contributed by atoms with E-state index in [4.69, 9.17) is 9.47 Å². The zero-order valence-corrected chi connectivity index (χ0v) is 16.6. The first-order chi connectivity index (χ1) is 13.7. The first kappa shape index (κ1) is 19.9. The molecule has 1 aromatic heterocycles. The van der Waals surface area contributed by atoms with Crippen LogP contribution < -0.4 is 19.9 Å². The SMILES string of the molecule is COCCCNC(=O)c1ccc(N2CCN(c3ccccc3OC)CC2)cn1. The number of amides is 1. The van der Waals surface area contributed by atoms with Crippen molar-refractivity contribution in [2.24, 2.45) is 0 Å². The van der Waals surface area contributed by atoms with Gasteiger partial charge in [-0.25, -0.2) is 4.98 Å². The minimum Gasteiger partial charge on any atom is -0.495 e. The van der Waals surface area contributed by atoms with Crippen molar-refractivity contribution in [3.63, 3.8) is 0 Å². The van der Waals surface area contributed by atoms with Crippen LogP contribution in [0.2, 0.25) is 0 Å². The summed E-state index contributed by atoms with van der Waals surface area (Å²) in [6.45, 7) is 4.81. The standard InChI is InChI=1S/C21H28N4O3/c1-27-15-5-10-22-21(26)18-9-8-17(16-23-18)24-11-13-25(14-12-24)19-6-3-4-7-20(19)28-2/h3-4,6-9,16H,5,10-15H2,1-2H3,(H,22,26). The fourth-order valence-electron chi connectivity index (χ4n) is 3.31. The number of piperazine rings is 1. The van der Waals surface area contributed by atoms with E-state index in [0.717, 1.165) is 49.7 Å². The van der Waals surface area contributed by atoms with Crippen molar-refractivity contribution < 1.29 is 14.3 Å². The van der Waals surface area contributed by atoms with Gasteiger partial charge in [-0.2, -0.15) is 0 Å². The van der Waals surface area contributed by atoms with Crippen molar-refractivity contribution >= 4 is 17.3 Å². The van der Waals surface area contributed by atoms with Gasteiger partial charge in [0.15, 0.2) is 0 Å². The topological polar surface area (TPSA) is 66.9 Å². The normalized spacial score (nSPS) is 14.1. The Morgan fingerprint density at radius 3 is 2.50 bits per heavy atom. The molecule has 0 saturated carbocycles. The predicted molar refractivity (Wildman–Crippen MR) is 110 cm³/mol. The lowest BCUT2D eigenvalue weighted by Crippen LogP contribution is -2.46. The molecule has 1 N–H and O–H groups in total. The molecule has 3 rings (SSSR count). The Balaban J connectivity index is 1.54. The van der Waals surface area contributed by atoms with E-state index in [1.807, 2.05) is 24.3 Å². The molecule has 7 nitrogen and oxygen atoms in total. The van der Waals surface area contributed by atoms with Gasteiger partial charge in [0.2, 0.25) is 0 Å². The van der Waals surface area contributed by atoms with Crippen LogP contribution in [-0.4, -0.2) is 64.4 Å². The van der Waals surface area contributed by atoms with E-state index < -0.39 is 0 Å². The molecule has 2 heterocycles. The molecule has 1 aliphatic heterocycles. The highest BCUT2D eigenvalue weighted by Gasteiger charge is 2.20. The summed E-state index contributed by atoms with van der Waals surface area (Å²) in [5, 5.41) is 2.85. The number of anilines is 2. The van der Waals surface area contributed by atoms with Crippen molar-refractivity contribution in [1.29, 1.82) is 0 Å². The number of nitrogens with one attached hydrogen (secondary N) is 1. The molecule has 1 amide bonds. The van der Waals surface area contributed by atoms with Crippen LogP contribution in [0.15, 0.2) is 42.6 Å². The Morgan fingerprint density at radius 2 is 1.82 bits per heavy atom. The molecule has 1 saturated heterocycles. The van der Waals surface area contributed by atoms with Gasteiger partial charge in [0.1, 0.15) is 11.4 Å². The lowest BCUT2D eigenvalue weighted by atomic mass is 10.2. The quantitative estimate of drug-likeness (QED) is 0.704. The molecule has 0 unspecified atom stereocenters. The molecule has 0 atom stereocenters. The smallest absolute Gasteiger partial charge is 0.269 e. The maximum atomic E-state index is 12.1. The third kappa shape index (κ3) is 4.92. The lowest BCUT2D eigenvalue weighted by Gasteiger charge is -2.37. The van der Waals surface area contributed by atoms with Gasteiger partial charge in [-0.05, 0) is 30.7 Å². The Morgan fingerprint density at radius 1 is 1.07 bits per heavy atom. The molecule has 1 aliphatic rings. The van der Waals surface area contributed by atoms with E-state index in [1.54, 1.807) is 26.5 Å². The highest BCUT2D eigenvalue weighted by atomic mass is 16.5. The molecule has 7 heteroatoms. The minimum atomic E-state index is -0.149. The average Bonchev–Trinajstić information content (AvgIpc) is 2.77. The van der Waals surface area contributed by atoms with E-state index in [0.29, 0.717) is 18.8 Å². The second-order valence-corrected chi connectivity index (χ2v) is 6.65. The molecular formula is C21H28N4O3. The Hall–Kier alpha value is -2.80. The predicted octanol–water partition coefficient (Wildman–Crippen LogP) is 2.18. The van der Waals surface area contributed by atoms with Gasteiger partial charge in [0, 0.05) is 46.4 Å². The van der Waals surface area contributed by atoms with Gasteiger partial charge in [-0.1, -0.05) is 12.1 Å². The van der Waals surface area contributed by atoms with Crippen LogP contribution in [0.1, 0.15) is 16.9 Å². The molecule has 28 heavy (non-hydrogen) atoms. The van der Waals surface area contributed by atoms with Crippen molar-refractivity contribution in [3.05, 3.63) is 48.3 Å². The van der Waals surface area contributed by atoms with Crippen molar-refractivity contribution in [3.8, 4) is 5.75 Å². The van der Waals surface area contributed by atoms with Gasteiger partial charge >= 0.3 is 0 Å². The van der Waals surface area contributed by atoms with Gasteiger partial charge < -0.3 is 24.6 Å². The van der Waals surface area contributed by atoms with Gasteiger partial charge in [-0.15, -0.1) is 0 Å². The van der Waals surface area contributed by atoms with Crippen molar-refractivity contribution in [2.45, 2.75) is 6.42 Å². The molecule has 0 aliphatic carbocycles. The Labute approximate surface area is 166 Å². The summed E-state index contributed by atoms with van der Waals surface area (Å²) in [4.78, 5) is 21.1. The highest BCUT2D eigenvalue weighted by Crippen LogP contribution is 2.29. The zero-order valence-electron chi connectivity index (χ0n) is 16.6. The Bertz CT molecular complexity index is 759. The van der Waals surface area contributed by atoms with Crippen LogP contribution in [-0.2, 0) is 4.74 Å². The third-order valence-corrected chi connectivity index (χ3v) is 4.86. The van der Waals surface area contributed by atoms with Crippen LogP contribution in [0, 0.1) is 0 Å². The first-order valence-corrected chi connectivity index (χ1v) is 9.59. The Kier molecular flexibility index (Phi) is 7.08. The number of pyridine rings is 1. The minimum absolute atomic E-state index is 0.149. The summed E-state index contributed by atoms with van der Waals surface area (Å²) in [5.41, 5.74) is 2.60. The molecule has 0 spiro atoms. The number of carbonyl (C=O) groups excluding carboxylic acids is 1. The lowest BCUT2D eigenvalue weighted by molar-refractivity contribution is 0.0943. The largest absolute Gasteiger partial charge is 0.495 e. The molecule has 150 valence electrons. The number of ether oxygens (including phenoxy) is 2. The van der Waals surface area contributed by atoms with Gasteiger partial charge in [0.25, 0.3) is 5.91 Å². The molecule has 2 aromatic rings. The van der Waals surface area contributed by atoms with E-state index in [2.05, 4.69) is 26.2 Å². The van der Waals surface area contributed by atoms with Crippen LogP contribution in [0.25, 0.3) is 0 Å². The van der Waals surface area contributed by atoms with Crippen LogP contribution >= 0.6 is 0 Å². The molecule has 1 fully saturated rings. The van der Waals surface area contributed by atoms with E-state index in [1.165, 1.54) is 0 Å². The van der Waals surface area contributed by atoms with Gasteiger partial charge in [0.05, 0.1) is 24.7 Å². The number of nitrogens with zero attached hydrogens (tertiary/aromatic N) is 3. The van der Waals surface area contributed by atoms with Gasteiger partial charge in [-0.3, -0.25) is 4.79 Å². The highest BCUT2D eigenvalue weighted by molar-refractivity contribution is 5.92. The van der Waals surface area contributed by atoms with E-state index >= 15 is 0 Å². The summed E-state index contributed by atoms with van der Waals surface area (Å²) in [6, 6.07) is 11.9. The fourth-order valence-corrected chi connectivity index (χ4v) is 3.31. The number of aromatic nitrogens is 1. The summed E-state index contributed by atoms with van der Waals surface area (Å²) in [7, 11) is 3.36. The number of carbonyl (C=O) groups is 1. The third-order valence-electron chi connectivity index (χ3n) is 4.86. The first-order valence-electron chi connectivity index (χ1n) is 9.59. The summed E-state index contributed by atoms with van der Waals surface area (Å²) in [5.74, 6) is 0.752. The fraction of sp³-hybridized carbons (Fsp3) is 0.429. The second kappa shape index (κ2) is 9.94. The number of hydrogen-bond acceptors (Lipinski definition) is 6. The monoisotopic (exact) mass is 384 g/mol. The van der Waals surface area contributed by atoms with E-state index in [9.17, 15) is 4.79 Å². The number of rotatable bonds is 8. The van der Waals surface area contributed by atoms with Crippen molar-refractivity contribution in [2.75, 3.05) is 63.4 Å².